The number of fused-ring (bicyclic) bond motifs is 4. The van der Waals surface area contributed by atoms with Crippen molar-refractivity contribution in [2.75, 3.05) is 0 Å². The molecule has 0 aliphatic heterocycles. The molecule has 0 saturated heterocycles. The summed E-state index contributed by atoms with van der Waals surface area (Å²) in [7, 11) is 0. The fourth-order valence-electron chi connectivity index (χ4n) is 8.51. The predicted molar refractivity (Wildman–Crippen MR) is 258 cm³/mol. The van der Waals surface area contributed by atoms with Crippen molar-refractivity contribution in [3.63, 3.8) is 0 Å². The molecule has 0 atom stereocenters. The Morgan fingerprint density at radius 2 is 1.22 bits per heavy atom. The smallest absolute Gasteiger partial charge is 0.255 e. The second-order valence-corrected chi connectivity index (χ2v) is 16.4. The van der Waals surface area contributed by atoms with Gasteiger partial charge < -0.3 is 17.1 Å². The van der Waals surface area contributed by atoms with Crippen molar-refractivity contribution in [2.45, 2.75) is 26.2 Å². The summed E-state index contributed by atoms with van der Waals surface area (Å²) in [5.41, 5.74) is 7.51. The Morgan fingerprint density at radius 3 is 1.95 bits per heavy atom. The van der Waals surface area contributed by atoms with E-state index in [2.05, 4.69) is 73.9 Å². The summed E-state index contributed by atoms with van der Waals surface area (Å²) >= 11 is 0. The molecular weight excluding hydrogens is 804 g/mol. The van der Waals surface area contributed by atoms with Crippen LogP contribution in [0, 0.1) is 0 Å². The van der Waals surface area contributed by atoms with Gasteiger partial charge in [0.15, 0.2) is 11.0 Å². The first-order valence-electron chi connectivity index (χ1n) is 25.7. The summed E-state index contributed by atoms with van der Waals surface area (Å²) in [6.07, 6.45) is 3.65. The van der Waals surface area contributed by atoms with Crippen LogP contribution in [0.3, 0.4) is 0 Å². The molecule has 0 fully saturated rings. The molecule has 0 N–H and O–H groups in total. The molecule has 0 amide bonds. The van der Waals surface area contributed by atoms with Gasteiger partial charge in [-0.15, -0.1) is 0 Å². The summed E-state index contributed by atoms with van der Waals surface area (Å²) in [6, 6.07) is 41.8. The zero-order valence-electron chi connectivity index (χ0n) is 45.1. The number of para-hydroxylation sites is 4. The van der Waals surface area contributed by atoms with Gasteiger partial charge in [-0.05, 0) is 76.2 Å². The van der Waals surface area contributed by atoms with Crippen LogP contribution in [0.4, 0.5) is 0 Å². The van der Waals surface area contributed by atoms with Crippen molar-refractivity contribution < 1.29 is 35.4 Å². The molecule has 5 nitrogen and oxygen atoms in total. The van der Waals surface area contributed by atoms with Gasteiger partial charge in [-0.25, -0.2) is 4.98 Å². The Labute approximate surface area is 393 Å². The number of nitrogens with zero attached hydrogens (tertiary/aromatic N) is 4. The molecule has 3 heterocycles. The van der Waals surface area contributed by atoms with E-state index in [1.165, 1.54) is 0 Å². The van der Waals surface area contributed by atoms with Crippen molar-refractivity contribution in [3.8, 4) is 62.1 Å². The van der Waals surface area contributed by atoms with Crippen LogP contribution >= 0.6 is 0 Å². The zero-order valence-corrected chi connectivity index (χ0v) is 35.8. The van der Waals surface area contributed by atoms with Gasteiger partial charge in [-0.3, -0.25) is 4.57 Å². The largest absolute Gasteiger partial charge is 1.00 e. The fraction of sp³-hybridized carbons (Fsp3) is 0.0690. The number of benzene rings is 8. The van der Waals surface area contributed by atoms with Crippen LogP contribution in [-0.4, -0.2) is 14.1 Å². The Bertz CT molecular complexity index is 3930. The van der Waals surface area contributed by atoms with Crippen LogP contribution in [0.25, 0.3) is 83.4 Å². The molecule has 0 radical (unpaired) electrons. The van der Waals surface area contributed by atoms with Crippen LogP contribution in [0.5, 0.6) is 11.5 Å². The van der Waals surface area contributed by atoms with E-state index in [0.29, 0.717) is 28.2 Å². The molecule has 0 saturated carbocycles. The average molecular weight is 860 g/mol. The van der Waals surface area contributed by atoms with Gasteiger partial charge in [-0.1, -0.05) is 166 Å². The van der Waals surface area contributed by atoms with E-state index < -0.39 is 60.4 Å². The lowest BCUT2D eigenvalue weighted by Crippen LogP contribution is -3.00. The second kappa shape index (κ2) is 16.5. The molecule has 11 aromatic rings. The van der Waals surface area contributed by atoms with Crippen molar-refractivity contribution in [2.24, 2.45) is 0 Å². The van der Waals surface area contributed by atoms with Gasteiger partial charge in [0, 0.05) is 45.8 Å². The maximum Gasteiger partial charge on any atom is 0.255 e. The summed E-state index contributed by atoms with van der Waals surface area (Å²) in [5.74, 6) is 1.90. The van der Waals surface area contributed by atoms with Crippen molar-refractivity contribution in [1.29, 1.82) is 0 Å². The van der Waals surface area contributed by atoms with Gasteiger partial charge in [0.1, 0.15) is 28.7 Å². The SMILES string of the molecule is [2H]c1c([2H])c([2H])c(-c2cccc(-c3c([2H])c([2H])c([2H])c([2H])c3[2H])c2-[n+]2cn(-c3cccc(Oc4ccc5c6cccc(-c7ccccc7)c6n(-c6cc(C(C)(C)C)ccn6)c5c4)c3)c3ccccc32)c([2H])c1[2H].[Cl-]. The minimum absolute atomic E-state index is 0. The minimum atomic E-state index is -0.559. The highest BCUT2D eigenvalue weighted by Gasteiger charge is 2.25. The van der Waals surface area contributed by atoms with E-state index in [0.717, 1.165) is 44.3 Å². The molecule has 64 heavy (non-hydrogen) atoms. The van der Waals surface area contributed by atoms with E-state index in [1.807, 2.05) is 89.6 Å². The molecule has 11 rings (SSSR count). The average Bonchev–Trinajstić information content (AvgIpc) is 3.96. The normalized spacial score (nSPS) is 13.7. The number of ether oxygens (including phenoxy) is 1. The zero-order chi connectivity index (χ0) is 51.2. The third-order valence-electron chi connectivity index (χ3n) is 11.5. The van der Waals surface area contributed by atoms with Crippen LogP contribution in [0.2, 0.25) is 0 Å². The lowest BCUT2D eigenvalue weighted by molar-refractivity contribution is -0.566. The monoisotopic (exact) mass is 858 g/mol. The number of hydrogen-bond acceptors (Lipinski definition) is 2. The standard InChI is InChI=1S/C58H45N4O.ClH/c1-58(2,3)43-34-35-59-55(36-43)62-54-38-46(32-33-50(54)51-29-17-28-49(57(51)62)42-22-11-6-12-23-42)63-45-25-15-24-44(37-45)60-39-61(53-31-14-13-30-52(53)60)56-47(40-18-7-4-8-19-40)26-16-27-48(56)41-20-9-5-10-21-41;/h4-39H,1-3H3;1H/q+1;/p-1/i4D,5D,7D,8D,9D,10D,18D,19D,20D,21D;. The molecular formula is C58H45ClN4O. The Kier molecular flexibility index (Phi) is 7.83. The highest BCUT2D eigenvalue weighted by atomic mass is 35.5. The van der Waals surface area contributed by atoms with Gasteiger partial charge >= 0.3 is 0 Å². The molecule has 0 bridgehead atoms. The summed E-state index contributed by atoms with van der Waals surface area (Å²) in [4.78, 5) is 4.95. The molecule has 8 aromatic carbocycles. The number of hydrogen-bond donors (Lipinski definition) is 0. The first kappa shape index (κ1) is 30.3. The summed E-state index contributed by atoms with van der Waals surface area (Å²) in [5, 5.41) is 2.11. The topological polar surface area (TPSA) is 35.9 Å². The van der Waals surface area contributed by atoms with Crippen LogP contribution in [0.15, 0.2) is 219 Å². The third kappa shape index (κ3) is 7.20. The molecule has 0 unspecified atom stereocenters. The van der Waals surface area contributed by atoms with E-state index >= 15 is 0 Å². The molecule has 3 aromatic heterocycles. The van der Waals surface area contributed by atoms with E-state index in [4.69, 9.17) is 23.4 Å². The molecule has 310 valence electrons. The summed E-state index contributed by atoms with van der Waals surface area (Å²) < 4.78 is 99.9. The van der Waals surface area contributed by atoms with E-state index in [1.54, 1.807) is 29.1 Å². The third-order valence-corrected chi connectivity index (χ3v) is 11.5. The van der Waals surface area contributed by atoms with Gasteiger partial charge in [-0.2, -0.15) is 9.13 Å². The Balaban J connectivity index is 0.00000626. The van der Waals surface area contributed by atoms with Crippen LogP contribution in [0.1, 0.15) is 40.0 Å². The number of rotatable bonds is 8. The number of aromatic nitrogens is 4. The number of halogens is 1. The maximum absolute atomic E-state index is 9.05. The van der Waals surface area contributed by atoms with Gasteiger partial charge in [0.25, 0.3) is 6.33 Å². The lowest BCUT2D eigenvalue weighted by atomic mass is 9.88. The fourth-order valence-corrected chi connectivity index (χ4v) is 8.51. The quantitative estimate of drug-likeness (QED) is 0.143. The molecule has 0 aliphatic carbocycles. The Morgan fingerprint density at radius 1 is 0.562 bits per heavy atom. The number of imidazole rings is 1. The first-order chi connectivity index (χ1) is 35.0. The second-order valence-electron chi connectivity index (χ2n) is 16.4. The minimum Gasteiger partial charge on any atom is -1.00 e. The first-order valence-corrected chi connectivity index (χ1v) is 20.7. The van der Waals surface area contributed by atoms with Crippen molar-refractivity contribution in [1.82, 2.24) is 14.1 Å². The maximum atomic E-state index is 9.05. The van der Waals surface area contributed by atoms with Gasteiger partial charge in [0.2, 0.25) is 0 Å². The Hall–Kier alpha value is -7.73. The highest BCUT2D eigenvalue weighted by Crippen LogP contribution is 2.41. The number of pyridine rings is 1. The van der Waals surface area contributed by atoms with Crippen molar-refractivity contribution >= 4 is 32.8 Å². The van der Waals surface area contributed by atoms with Crippen LogP contribution < -0.4 is 21.7 Å². The van der Waals surface area contributed by atoms with Crippen molar-refractivity contribution in [3.05, 3.63) is 224 Å². The predicted octanol–water partition coefficient (Wildman–Crippen LogP) is 11.5. The van der Waals surface area contributed by atoms with Crippen LogP contribution in [-0.2, 0) is 5.41 Å². The molecule has 0 aliphatic rings. The molecule has 6 heteroatoms. The highest BCUT2D eigenvalue weighted by molar-refractivity contribution is 6.14. The van der Waals surface area contributed by atoms with E-state index in [9.17, 15) is 0 Å². The van der Waals surface area contributed by atoms with Gasteiger partial charge in [0.05, 0.1) is 24.7 Å². The van der Waals surface area contributed by atoms with E-state index in [-0.39, 0.29) is 45.8 Å². The lowest BCUT2D eigenvalue weighted by Gasteiger charge is -2.20. The molecule has 0 spiro atoms. The summed E-state index contributed by atoms with van der Waals surface area (Å²) in [6.45, 7) is 6.57.